The molecular formula is C13H17N3O2. The van der Waals surface area contributed by atoms with E-state index in [9.17, 15) is 4.79 Å². The molecule has 1 N–H and O–H groups in total. The number of hydrogen-bond donors (Lipinski definition) is 1. The minimum Gasteiger partial charge on any atom is -0.481 e. The molecule has 0 spiro atoms. The van der Waals surface area contributed by atoms with E-state index in [4.69, 9.17) is 5.11 Å². The number of carbonyl (C=O) groups is 1. The fourth-order valence-electron chi connectivity index (χ4n) is 2.46. The van der Waals surface area contributed by atoms with Crippen molar-refractivity contribution in [3.05, 3.63) is 22.5 Å². The molecule has 2 heterocycles. The first-order valence-electron chi connectivity index (χ1n) is 5.93. The molecule has 18 heavy (non-hydrogen) atoms. The number of carboxylic acids is 1. The summed E-state index contributed by atoms with van der Waals surface area (Å²) < 4.78 is 1.77. The van der Waals surface area contributed by atoms with Crippen LogP contribution in [0.15, 0.2) is 0 Å². The summed E-state index contributed by atoms with van der Waals surface area (Å²) in [4.78, 5) is 15.2. The van der Waals surface area contributed by atoms with Crippen LogP contribution in [0, 0.1) is 20.8 Å². The Morgan fingerprint density at radius 2 is 1.94 bits per heavy atom. The lowest BCUT2D eigenvalue weighted by Crippen LogP contribution is -2.04. The van der Waals surface area contributed by atoms with Crippen molar-refractivity contribution in [3.8, 4) is 0 Å². The van der Waals surface area contributed by atoms with Crippen molar-refractivity contribution in [1.29, 1.82) is 0 Å². The maximum atomic E-state index is 10.7. The molecule has 0 unspecified atom stereocenters. The van der Waals surface area contributed by atoms with Crippen molar-refractivity contribution in [2.24, 2.45) is 7.05 Å². The maximum absolute atomic E-state index is 10.7. The third-order valence-corrected chi connectivity index (χ3v) is 3.32. The van der Waals surface area contributed by atoms with E-state index in [1.54, 1.807) is 4.68 Å². The van der Waals surface area contributed by atoms with Gasteiger partial charge in [-0.25, -0.2) is 4.98 Å². The molecule has 0 aliphatic rings. The second-order valence-corrected chi connectivity index (χ2v) is 4.60. The molecule has 0 aliphatic heterocycles. The normalized spacial score (nSPS) is 11.1. The quantitative estimate of drug-likeness (QED) is 0.899. The van der Waals surface area contributed by atoms with Crippen molar-refractivity contribution in [3.63, 3.8) is 0 Å². The lowest BCUT2D eigenvalue weighted by Gasteiger charge is -2.09. The Morgan fingerprint density at radius 1 is 1.28 bits per heavy atom. The van der Waals surface area contributed by atoms with Gasteiger partial charge in [0.1, 0.15) is 0 Å². The van der Waals surface area contributed by atoms with Crippen molar-refractivity contribution in [1.82, 2.24) is 14.8 Å². The van der Waals surface area contributed by atoms with Crippen LogP contribution in [0.3, 0.4) is 0 Å². The average Bonchev–Trinajstić information content (AvgIpc) is 2.53. The zero-order valence-corrected chi connectivity index (χ0v) is 11.1. The standard InChI is InChI=1S/C13H17N3O2/c1-7-10(5-6-11(17)18)8(2)14-13-12(7)9(3)15-16(13)4/h5-6H2,1-4H3,(H,17,18). The van der Waals surface area contributed by atoms with Crippen molar-refractivity contribution >= 4 is 17.0 Å². The average molecular weight is 247 g/mol. The predicted octanol–water partition coefficient (Wildman–Crippen LogP) is 1.91. The fourth-order valence-corrected chi connectivity index (χ4v) is 2.46. The van der Waals surface area contributed by atoms with Crippen LogP contribution >= 0.6 is 0 Å². The number of hydrogen-bond acceptors (Lipinski definition) is 3. The van der Waals surface area contributed by atoms with Gasteiger partial charge in [-0.3, -0.25) is 9.48 Å². The first-order chi connectivity index (χ1) is 8.41. The van der Waals surface area contributed by atoms with Crippen LogP contribution in [0.2, 0.25) is 0 Å². The molecule has 5 heteroatoms. The fraction of sp³-hybridized carbons (Fsp3) is 0.462. The highest BCUT2D eigenvalue weighted by atomic mass is 16.4. The van der Waals surface area contributed by atoms with Crippen LogP contribution in [0.5, 0.6) is 0 Å². The molecule has 2 aromatic rings. The molecule has 0 radical (unpaired) electrons. The van der Waals surface area contributed by atoms with Gasteiger partial charge in [0.05, 0.1) is 5.69 Å². The Hall–Kier alpha value is -1.91. The summed E-state index contributed by atoms with van der Waals surface area (Å²) in [6, 6.07) is 0. The number of carboxylic acid groups (broad SMARTS) is 1. The number of pyridine rings is 1. The summed E-state index contributed by atoms with van der Waals surface area (Å²) >= 11 is 0. The van der Waals surface area contributed by atoms with E-state index in [2.05, 4.69) is 10.1 Å². The van der Waals surface area contributed by atoms with Crippen LogP contribution in [-0.2, 0) is 18.3 Å². The highest BCUT2D eigenvalue weighted by molar-refractivity contribution is 5.83. The van der Waals surface area contributed by atoms with Crippen molar-refractivity contribution in [2.45, 2.75) is 33.6 Å². The van der Waals surface area contributed by atoms with Crippen LogP contribution in [-0.4, -0.2) is 25.8 Å². The molecule has 2 aromatic heterocycles. The summed E-state index contributed by atoms with van der Waals surface area (Å²) in [6.45, 7) is 5.89. The summed E-state index contributed by atoms with van der Waals surface area (Å²) in [7, 11) is 1.87. The van der Waals surface area contributed by atoms with Gasteiger partial charge in [0.25, 0.3) is 0 Å². The van der Waals surface area contributed by atoms with Gasteiger partial charge >= 0.3 is 5.97 Å². The Balaban J connectivity index is 2.60. The van der Waals surface area contributed by atoms with Gasteiger partial charge in [-0.05, 0) is 38.3 Å². The lowest BCUT2D eigenvalue weighted by atomic mass is 9.99. The second-order valence-electron chi connectivity index (χ2n) is 4.60. The van der Waals surface area contributed by atoms with Gasteiger partial charge in [0, 0.05) is 24.5 Å². The minimum absolute atomic E-state index is 0.133. The number of rotatable bonds is 3. The number of fused-ring (bicyclic) bond motifs is 1. The molecular weight excluding hydrogens is 230 g/mol. The molecule has 0 fully saturated rings. The number of aromatic nitrogens is 3. The molecule has 0 aliphatic carbocycles. The van der Waals surface area contributed by atoms with Crippen LogP contribution in [0.4, 0.5) is 0 Å². The molecule has 0 amide bonds. The van der Waals surface area contributed by atoms with Crippen molar-refractivity contribution < 1.29 is 9.90 Å². The molecule has 5 nitrogen and oxygen atoms in total. The summed E-state index contributed by atoms with van der Waals surface area (Å²) in [6.07, 6.45) is 0.651. The van der Waals surface area contributed by atoms with Gasteiger partial charge in [-0.2, -0.15) is 5.10 Å². The topological polar surface area (TPSA) is 68.0 Å². The summed E-state index contributed by atoms with van der Waals surface area (Å²) in [5.41, 5.74) is 4.82. The SMILES string of the molecule is Cc1nc2c(c(C)nn2C)c(C)c1CCC(=O)O. The maximum Gasteiger partial charge on any atom is 0.303 e. The minimum atomic E-state index is -0.781. The van der Waals surface area contributed by atoms with Crippen LogP contribution in [0.1, 0.15) is 28.9 Å². The molecule has 0 saturated heterocycles. The molecule has 0 aromatic carbocycles. The van der Waals surface area contributed by atoms with Gasteiger partial charge in [-0.1, -0.05) is 0 Å². The molecule has 0 bridgehead atoms. The van der Waals surface area contributed by atoms with E-state index in [1.165, 1.54) is 0 Å². The highest BCUT2D eigenvalue weighted by Gasteiger charge is 2.15. The van der Waals surface area contributed by atoms with Gasteiger partial charge < -0.3 is 5.11 Å². The first-order valence-corrected chi connectivity index (χ1v) is 5.93. The third kappa shape index (κ3) is 1.96. The largest absolute Gasteiger partial charge is 0.481 e. The van der Waals surface area contributed by atoms with Crippen molar-refractivity contribution in [2.75, 3.05) is 0 Å². The zero-order valence-electron chi connectivity index (χ0n) is 11.1. The Bertz CT molecular complexity index is 629. The summed E-state index contributed by atoms with van der Waals surface area (Å²) in [5.74, 6) is -0.781. The number of aliphatic carboxylic acids is 1. The van der Waals surface area contributed by atoms with E-state index >= 15 is 0 Å². The van der Waals surface area contributed by atoms with E-state index in [-0.39, 0.29) is 6.42 Å². The molecule has 96 valence electrons. The van der Waals surface area contributed by atoms with E-state index in [1.807, 2.05) is 27.8 Å². The monoisotopic (exact) mass is 247 g/mol. The Morgan fingerprint density at radius 3 is 2.56 bits per heavy atom. The number of aryl methyl sites for hydroxylation is 4. The third-order valence-electron chi connectivity index (χ3n) is 3.32. The first kappa shape index (κ1) is 12.5. The molecule has 0 saturated carbocycles. The smallest absolute Gasteiger partial charge is 0.303 e. The molecule has 2 rings (SSSR count). The highest BCUT2D eigenvalue weighted by Crippen LogP contribution is 2.25. The molecule has 0 atom stereocenters. The second kappa shape index (κ2) is 4.40. The van der Waals surface area contributed by atoms with E-state index < -0.39 is 5.97 Å². The zero-order chi connectivity index (χ0) is 13.4. The van der Waals surface area contributed by atoms with Crippen LogP contribution in [0.25, 0.3) is 11.0 Å². The Labute approximate surface area is 105 Å². The van der Waals surface area contributed by atoms with Gasteiger partial charge in [0.15, 0.2) is 5.65 Å². The van der Waals surface area contributed by atoms with Gasteiger partial charge in [-0.15, -0.1) is 0 Å². The number of nitrogens with zero attached hydrogens (tertiary/aromatic N) is 3. The Kier molecular flexibility index (Phi) is 3.07. The van der Waals surface area contributed by atoms with Crippen LogP contribution < -0.4 is 0 Å². The van der Waals surface area contributed by atoms with E-state index in [0.29, 0.717) is 6.42 Å². The van der Waals surface area contributed by atoms with E-state index in [0.717, 1.165) is 33.5 Å². The van der Waals surface area contributed by atoms with Gasteiger partial charge in [0.2, 0.25) is 0 Å². The summed E-state index contributed by atoms with van der Waals surface area (Å²) in [5, 5.41) is 14.2. The lowest BCUT2D eigenvalue weighted by molar-refractivity contribution is -0.136. The predicted molar refractivity (Wildman–Crippen MR) is 68.7 cm³/mol.